The molecule has 1 N–H and O–H groups in total. The normalized spacial score (nSPS) is 10.1. The second-order valence-corrected chi connectivity index (χ2v) is 5.53. The third-order valence-corrected chi connectivity index (χ3v) is 3.56. The Bertz CT molecular complexity index is 430. The number of amides is 2. The molecule has 0 saturated heterocycles. The second kappa shape index (κ2) is 7.84. The number of rotatable bonds is 6. The van der Waals surface area contributed by atoms with Gasteiger partial charge in [0, 0.05) is 19.8 Å². The molecule has 5 heteroatoms. The Morgan fingerprint density at radius 1 is 1.21 bits per heavy atom. The van der Waals surface area contributed by atoms with E-state index in [2.05, 4.69) is 29.6 Å². The molecule has 1 rings (SSSR count). The molecule has 0 aliphatic rings. The molecule has 0 unspecified atom stereocenters. The molecular weight excluding hydrogens is 260 g/mol. The minimum atomic E-state index is -0.104. The highest BCUT2D eigenvalue weighted by Crippen LogP contribution is 2.12. The van der Waals surface area contributed by atoms with E-state index in [0.29, 0.717) is 5.75 Å². The van der Waals surface area contributed by atoms with Crippen LogP contribution in [0.5, 0.6) is 0 Å². The molecule has 2 amide bonds. The van der Waals surface area contributed by atoms with Gasteiger partial charge < -0.3 is 10.2 Å². The van der Waals surface area contributed by atoms with E-state index in [4.69, 9.17) is 0 Å². The van der Waals surface area contributed by atoms with Gasteiger partial charge in [-0.05, 0) is 12.5 Å². The van der Waals surface area contributed by atoms with Crippen molar-refractivity contribution in [1.82, 2.24) is 10.2 Å². The lowest BCUT2D eigenvalue weighted by molar-refractivity contribution is -0.130. The SMILES string of the molecule is Cc1ccc(CSCC(=O)NCC(=O)N(C)C)cc1. The lowest BCUT2D eigenvalue weighted by Gasteiger charge is -2.10. The van der Waals surface area contributed by atoms with Gasteiger partial charge in [0.1, 0.15) is 0 Å². The van der Waals surface area contributed by atoms with Crippen molar-refractivity contribution in [3.8, 4) is 0 Å². The van der Waals surface area contributed by atoms with Gasteiger partial charge in [0.15, 0.2) is 0 Å². The van der Waals surface area contributed by atoms with E-state index < -0.39 is 0 Å². The summed E-state index contributed by atoms with van der Waals surface area (Å²) in [5.41, 5.74) is 2.43. The van der Waals surface area contributed by atoms with Crippen molar-refractivity contribution in [1.29, 1.82) is 0 Å². The maximum absolute atomic E-state index is 11.5. The van der Waals surface area contributed by atoms with E-state index >= 15 is 0 Å². The third-order valence-electron chi connectivity index (χ3n) is 2.56. The van der Waals surface area contributed by atoms with Gasteiger partial charge in [0.2, 0.25) is 11.8 Å². The van der Waals surface area contributed by atoms with Gasteiger partial charge in [-0.3, -0.25) is 9.59 Å². The first-order valence-corrected chi connectivity index (χ1v) is 7.24. The van der Waals surface area contributed by atoms with E-state index in [1.54, 1.807) is 25.9 Å². The Morgan fingerprint density at radius 3 is 2.42 bits per heavy atom. The summed E-state index contributed by atoms with van der Waals surface area (Å²) in [5, 5.41) is 2.61. The molecule has 19 heavy (non-hydrogen) atoms. The summed E-state index contributed by atoms with van der Waals surface area (Å²) in [6.45, 7) is 2.11. The smallest absolute Gasteiger partial charge is 0.241 e. The van der Waals surface area contributed by atoms with Crippen LogP contribution < -0.4 is 5.32 Å². The summed E-state index contributed by atoms with van der Waals surface area (Å²) in [7, 11) is 3.33. The van der Waals surface area contributed by atoms with Crippen molar-refractivity contribution in [3.05, 3.63) is 35.4 Å². The number of nitrogens with one attached hydrogen (secondary N) is 1. The largest absolute Gasteiger partial charge is 0.347 e. The van der Waals surface area contributed by atoms with Gasteiger partial charge in [0.05, 0.1) is 12.3 Å². The number of hydrogen-bond donors (Lipinski definition) is 1. The second-order valence-electron chi connectivity index (χ2n) is 4.54. The Balaban J connectivity index is 2.20. The van der Waals surface area contributed by atoms with Crippen LogP contribution in [0.1, 0.15) is 11.1 Å². The van der Waals surface area contributed by atoms with E-state index in [0.717, 1.165) is 5.75 Å². The van der Waals surface area contributed by atoms with Crippen molar-refractivity contribution in [2.24, 2.45) is 0 Å². The molecule has 1 aromatic carbocycles. The van der Waals surface area contributed by atoms with E-state index in [9.17, 15) is 9.59 Å². The lowest BCUT2D eigenvalue weighted by Crippen LogP contribution is -2.36. The van der Waals surface area contributed by atoms with Crippen LogP contribution in [0.4, 0.5) is 0 Å². The summed E-state index contributed by atoms with van der Waals surface area (Å²) in [6, 6.07) is 8.25. The summed E-state index contributed by atoms with van der Waals surface area (Å²) in [6.07, 6.45) is 0. The highest BCUT2D eigenvalue weighted by Gasteiger charge is 2.07. The highest BCUT2D eigenvalue weighted by atomic mass is 32.2. The molecule has 104 valence electrons. The number of carbonyl (C=O) groups excluding carboxylic acids is 2. The van der Waals surface area contributed by atoms with Gasteiger partial charge in [0.25, 0.3) is 0 Å². The Kier molecular flexibility index (Phi) is 6.42. The average molecular weight is 280 g/mol. The first-order chi connectivity index (χ1) is 8.99. The van der Waals surface area contributed by atoms with Gasteiger partial charge in [-0.2, -0.15) is 0 Å². The van der Waals surface area contributed by atoms with Crippen molar-refractivity contribution < 1.29 is 9.59 Å². The van der Waals surface area contributed by atoms with Crippen LogP contribution in [-0.2, 0) is 15.3 Å². The van der Waals surface area contributed by atoms with Crippen LogP contribution in [0.2, 0.25) is 0 Å². The predicted molar refractivity (Wildman–Crippen MR) is 79.0 cm³/mol. The van der Waals surface area contributed by atoms with Gasteiger partial charge in [-0.25, -0.2) is 0 Å². The molecule has 4 nitrogen and oxygen atoms in total. The molecule has 0 fully saturated rings. The molecule has 0 saturated carbocycles. The number of thioether (sulfide) groups is 1. The van der Waals surface area contributed by atoms with E-state index in [-0.39, 0.29) is 18.4 Å². The number of likely N-dealkylation sites (N-methyl/N-ethyl adjacent to an activating group) is 1. The molecule has 0 atom stereocenters. The zero-order chi connectivity index (χ0) is 14.3. The third kappa shape index (κ3) is 6.29. The average Bonchev–Trinajstić information content (AvgIpc) is 2.38. The molecule has 0 aliphatic heterocycles. The molecule has 0 spiro atoms. The fraction of sp³-hybridized carbons (Fsp3) is 0.429. The maximum atomic E-state index is 11.5. The standard InChI is InChI=1S/C14H20N2O2S/c1-11-4-6-12(7-5-11)9-19-10-13(17)15-8-14(18)16(2)3/h4-7H,8-10H2,1-3H3,(H,15,17). The molecule has 1 aromatic rings. The molecule has 0 bridgehead atoms. The molecule has 0 radical (unpaired) electrons. The molecule has 0 aliphatic carbocycles. The first kappa shape index (κ1) is 15.6. The van der Waals surface area contributed by atoms with E-state index in [1.165, 1.54) is 16.0 Å². The zero-order valence-corrected chi connectivity index (χ0v) is 12.4. The van der Waals surface area contributed by atoms with Crippen LogP contribution in [0.15, 0.2) is 24.3 Å². The lowest BCUT2D eigenvalue weighted by atomic mass is 10.2. The van der Waals surface area contributed by atoms with Gasteiger partial charge in [-0.1, -0.05) is 29.8 Å². The molecule has 0 heterocycles. The summed E-state index contributed by atoms with van der Waals surface area (Å²) in [4.78, 5) is 24.2. The Hall–Kier alpha value is -1.49. The molecular formula is C14H20N2O2S. The highest BCUT2D eigenvalue weighted by molar-refractivity contribution is 7.99. The Labute approximate surface area is 118 Å². The van der Waals surface area contributed by atoms with Gasteiger partial charge >= 0.3 is 0 Å². The minimum Gasteiger partial charge on any atom is -0.347 e. The first-order valence-electron chi connectivity index (χ1n) is 6.09. The summed E-state index contributed by atoms with van der Waals surface area (Å²) >= 11 is 1.54. The summed E-state index contributed by atoms with van der Waals surface area (Å²) in [5.74, 6) is 0.966. The number of benzene rings is 1. The van der Waals surface area contributed by atoms with Crippen LogP contribution >= 0.6 is 11.8 Å². The fourth-order valence-corrected chi connectivity index (χ4v) is 2.15. The van der Waals surface area contributed by atoms with Gasteiger partial charge in [-0.15, -0.1) is 11.8 Å². The fourth-order valence-electron chi connectivity index (χ4n) is 1.33. The van der Waals surface area contributed by atoms with Crippen LogP contribution in [0.25, 0.3) is 0 Å². The van der Waals surface area contributed by atoms with Crippen LogP contribution in [-0.4, -0.2) is 43.1 Å². The van der Waals surface area contributed by atoms with E-state index in [1.807, 2.05) is 6.92 Å². The maximum Gasteiger partial charge on any atom is 0.241 e. The van der Waals surface area contributed by atoms with Crippen molar-refractivity contribution in [3.63, 3.8) is 0 Å². The van der Waals surface area contributed by atoms with Crippen molar-refractivity contribution in [2.75, 3.05) is 26.4 Å². The Morgan fingerprint density at radius 2 is 1.84 bits per heavy atom. The van der Waals surface area contributed by atoms with Crippen molar-refractivity contribution >= 4 is 23.6 Å². The number of aryl methyl sites for hydroxylation is 1. The quantitative estimate of drug-likeness (QED) is 0.857. The minimum absolute atomic E-state index is 0.0664. The number of nitrogens with zero attached hydrogens (tertiary/aromatic N) is 1. The van der Waals surface area contributed by atoms with Crippen LogP contribution in [0, 0.1) is 6.92 Å². The van der Waals surface area contributed by atoms with Crippen LogP contribution in [0.3, 0.4) is 0 Å². The summed E-state index contributed by atoms with van der Waals surface area (Å²) < 4.78 is 0. The topological polar surface area (TPSA) is 49.4 Å². The monoisotopic (exact) mass is 280 g/mol. The number of hydrogen-bond acceptors (Lipinski definition) is 3. The van der Waals surface area contributed by atoms with Crippen molar-refractivity contribution in [2.45, 2.75) is 12.7 Å². The number of carbonyl (C=O) groups is 2. The molecule has 0 aromatic heterocycles. The zero-order valence-electron chi connectivity index (χ0n) is 11.6. The predicted octanol–water partition coefficient (Wildman–Crippen LogP) is 1.43.